The molecule has 130 valence electrons. The average molecular weight is 334 g/mol. The lowest BCUT2D eigenvalue weighted by Crippen LogP contribution is -2.29. The zero-order valence-electron chi connectivity index (χ0n) is 14.5. The number of urea groups is 1. The van der Waals surface area contributed by atoms with Crippen LogP contribution in [-0.2, 0) is 24.9 Å². The Kier molecular flexibility index (Phi) is 5.17. The molecule has 10 nitrogen and oxygen atoms in total. The smallest absolute Gasteiger partial charge is 0.322 e. The van der Waals surface area contributed by atoms with Gasteiger partial charge in [0, 0.05) is 38.9 Å². The average Bonchev–Trinajstić information content (AvgIpc) is 3.02. The second kappa shape index (κ2) is 7.11. The molecule has 0 fully saturated rings. The van der Waals surface area contributed by atoms with Crippen LogP contribution < -0.4 is 10.6 Å². The number of nitrogens with one attached hydrogen (secondary N) is 2. The van der Waals surface area contributed by atoms with Crippen LogP contribution in [0.4, 0.5) is 10.6 Å². The van der Waals surface area contributed by atoms with Crippen LogP contribution in [0.1, 0.15) is 17.0 Å². The van der Waals surface area contributed by atoms with Gasteiger partial charge in [0.15, 0.2) is 5.82 Å². The second-order valence-electron chi connectivity index (χ2n) is 5.63. The van der Waals surface area contributed by atoms with Gasteiger partial charge in [-0.25, -0.2) is 4.79 Å². The third-order valence-electron chi connectivity index (χ3n) is 3.58. The Morgan fingerprint density at radius 2 is 1.96 bits per heavy atom. The zero-order valence-corrected chi connectivity index (χ0v) is 14.5. The number of hydrogen-bond acceptors (Lipinski definition) is 5. The van der Waals surface area contributed by atoms with E-state index in [4.69, 9.17) is 0 Å². The SMILES string of the molecule is Cc1nn(C)c(C)c1CNC(=O)Cn1ncc(NC(=O)N(C)C)n1. The minimum absolute atomic E-state index is 0.0316. The Balaban J connectivity index is 1.89. The van der Waals surface area contributed by atoms with Crippen molar-refractivity contribution in [3.05, 3.63) is 23.1 Å². The van der Waals surface area contributed by atoms with Gasteiger partial charge < -0.3 is 10.2 Å². The molecule has 0 aromatic carbocycles. The zero-order chi connectivity index (χ0) is 17.9. The first kappa shape index (κ1) is 17.4. The van der Waals surface area contributed by atoms with Crippen LogP contribution in [0.2, 0.25) is 0 Å². The Hall–Kier alpha value is -2.91. The quantitative estimate of drug-likeness (QED) is 0.802. The summed E-state index contributed by atoms with van der Waals surface area (Å²) >= 11 is 0. The molecule has 3 amide bonds. The molecule has 10 heteroatoms. The summed E-state index contributed by atoms with van der Waals surface area (Å²) in [5, 5.41) is 17.7. The monoisotopic (exact) mass is 334 g/mol. The van der Waals surface area contributed by atoms with Crippen LogP contribution in [0.3, 0.4) is 0 Å². The van der Waals surface area contributed by atoms with Gasteiger partial charge in [-0.1, -0.05) is 0 Å². The molecule has 0 aliphatic rings. The van der Waals surface area contributed by atoms with Crippen LogP contribution >= 0.6 is 0 Å². The summed E-state index contributed by atoms with van der Waals surface area (Å²) in [5.41, 5.74) is 2.90. The third kappa shape index (κ3) is 4.09. The summed E-state index contributed by atoms with van der Waals surface area (Å²) in [6, 6.07) is -0.311. The number of carbonyl (C=O) groups excluding carboxylic acids is 2. The lowest BCUT2D eigenvalue weighted by atomic mass is 10.2. The van der Waals surface area contributed by atoms with Crippen molar-refractivity contribution < 1.29 is 9.59 Å². The first-order valence-electron chi connectivity index (χ1n) is 7.42. The first-order valence-corrected chi connectivity index (χ1v) is 7.42. The van der Waals surface area contributed by atoms with E-state index < -0.39 is 0 Å². The van der Waals surface area contributed by atoms with Crippen LogP contribution in [-0.4, -0.2) is 55.7 Å². The van der Waals surface area contributed by atoms with Crippen molar-refractivity contribution in [1.29, 1.82) is 0 Å². The van der Waals surface area contributed by atoms with Gasteiger partial charge in [-0.15, -0.1) is 5.10 Å². The highest BCUT2D eigenvalue weighted by Gasteiger charge is 2.12. The number of aromatic nitrogens is 5. The summed E-state index contributed by atoms with van der Waals surface area (Å²) in [6.07, 6.45) is 1.39. The van der Waals surface area contributed by atoms with Crippen LogP contribution in [0, 0.1) is 13.8 Å². The minimum atomic E-state index is -0.311. The Bertz CT molecular complexity index is 746. The van der Waals surface area contributed by atoms with E-state index in [1.807, 2.05) is 20.9 Å². The van der Waals surface area contributed by atoms with Crippen LogP contribution in [0.25, 0.3) is 0 Å². The summed E-state index contributed by atoms with van der Waals surface area (Å²) < 4.78 is 1.78. The highest BCUT2D eigenvalue weighted by atomic mass is 16.2. The van der Waals surface area contributed by atoms with E-state index in [2.05, 4.69) is 25.9 Å². The van der Waals surface area contributed by atoms with Gasteiger partial charge in [-0.05, 0) is 13.8 Å². The molecule has 0 saturated heterocycles. The number of rotatable bonds is 5. The van der Waals surface area contributed by atoms with Gasteiger partial charge in [0.2, 0.25) is 5.91 Å². The van der Waals surface area contributed by atoms with Crippen molar-refractivity contribution in [2.45, 2.75) is 26.9 Å². The molecule has 0 aliphatic carbocycles. The fourth-order valence-corrected chi connectivity index (χ4v) is 2.10. The van der Waals surface area contributed by atoms with E-state index in [0.29, 0.717) is 12.4 Å². The van der Waals surface area contributed by atoms with E-state index in [-0.39, 0.29) is 18.5 Å². The highest BCUT2D eigenvalue weighted by molar-refractivity contribution is 5.87. The number of carbonyl (C=O) groups is 2. The van der Waals surface area contributed by atoms with E-state index in [0.717, 1.165) is 17.0 Å². The lowest BCUT2D eigenvalue weighted by Gasteiger charge is -2.09. The standard InChI is InChI=1S/C14H22N8O2/c1-9-11(10(2)21(5)18-9)6-15-13(23)8-22-16-7-12(19-22)17-14(24)20(3)4/h7H,6,8H2,1-5H3,(H,15,23)(H,17,19,24). The van der Waals surface area contributed by atoms with Gasteiger partial charge in [0.1, 0.15) is 6.54 Å². The Labute approximate surface area is 139 Å². The van der Waals surface area contributed by atoms with E-state index in [1.165, 1.54) is 15.9 Å². The van der Waals surface area contributed by atoms with Crippen molar-refractivity contribution in [2.75, 3.05) is 19.4 Å². The van der Waals surface area contributed by atoms with Gasteiger partial charge in [-0.3, -0.25) is 14.8 Å². The molecule has 0 spiro atoms. The molecule has 0 radical (unpaired) electrons. The molecule has 2 heterocycles. The number of hydrogen-bond donors (Lipinski definition) is 2. The van der Waals surface area contributed by atoms with Crippen molar-refractivity contribution >= 4 is 17.8 Å². The lowest BCUT2D eigenvalue weighted by molar-refractivity contribution is -0.122. The van der Waals surface area contributed by atoms with Gasteiger partial charge >= 0.3 is 6.03 Å². The molecule has 2 rings (SSSR count). The first-order chi connectivity index (χ1) is 11.3. The molecule has 2 aromatic heterocycles. The highest BCUT2D eigenvalue weighted by Crippen LogP contribution is 2.11. The maximum atomic E-state index is 12.0. The number of nitrogens with zero attached hydrogens (tertiary/aromatic N) is 6. The molecule has 0 saturated carbocycles. The fourth-order valence-electron chi connectivity index (χ4n) is 2.10. The number of aryl methyl sites for hydroxylation is 2. The normalized spacial score (nSPS) is 10.5. The molecule has 24 heavy (non-hydrogen) atoms. The Morgan fingerprint density at radius 3 is 2.54 bits per heavy atom. The summed E-state index contributed by atoms with van der Waals surface area (Å²) in [6.45, 7) is 4.23. The van der Waals surface area contributed by atoms with Gasteiger partial charge in [0.25, 0.3) is 0 Å². The third-order valence-corrected chi connectivity index (χ3v) is 3.58. The van der Waals surface area contributed by atoms with E-state index in [1.54, 1.807) is 18.8 Å². The largest absolute Gasteiger partial charge is 0.350 e. The maximum Gasteiger partial charge on any atom is 0.322 e. The number of anilines is 1. The molecular weight excluding hydrogens is 312 g/mol. The van der Waals surface area contributed by atoms with Crippen molar-refractivity contribution in [1.82, 2.24) is 35.0 Å². The fraction of sp³-hybridized carbons (Fsp3) is 0.500. The minimum Gasteiger partial charge on any atom is -0.350 e. The summed E-state index contributed by atoms with van der Waals surface area (Å²) in [4.78, 5) is 26.1. The molecule has 0 bridgehead atoms. The van der Waals surface area contributed by atoms with Crippen LogP contribution in [0.5, 0.6) is 0 Å². The molecule has 2 aromatic rings. The van der Waals surface area contributed by atoms with Gasteiger partial charge in [-0.2, -0.15) is 15.0 Å². The number of amides is 3. The molecule has 2 N–H and O–H groups in total. The van der Waals surface area contributed by atoms with Crippen LogP contribution in [0.15, 0.2) is 6.20 Å². The predicted molar refractivity (Wildman–Crippen MR) is 87.3 cm³/mol. The molecule has 0 unspecified atom stereocenters. The van der Waals surface area contributed by atoms with E-state index >= 15 is 0 Å². The Morgan fingerprint density at radius 1 is 1.25 bits per heavy atom. The van der Waals surface area contributed by atoms with Crippen molar-refractivity contribution in [3.8, 4) is 0 Å². The molecule has 0 atom stereocenters. The molecule has 0 aliphatic heterocycles. The van der Waals surface area contributed by atoms with Crippen molar-refractivity contribution in [3.63, 3.8) is 0 Å². The van der Waals surface area contributed by atoms with Crippen molar-refractivity contribution in [2.24, 2.45) is 7.05 Å². The maximum absolute atomic E-state index is 12.0. The predicted octanol–water partition coefficient (Wildman–Crippen LogP) is 0.0383. The summed E-state index contributed by atoms with van der Waals surface area (Å²) in [7, 11) is 5.11. The molecular formula is C14H22N8O2. The van der Waals surface area contributed by atoms with E-state index in [9.17, 15) is 9.59 Å². The topological polar surface area (TPSA) is 110 Å². The second-order valence-corrected chi connectivity index (χ2v) is 5.63. The van der Waals surface area contributed by atoms with Gasteiger partial charge in [0.05, 0.1) is 11.9 Å². The summed E-state index contributed by atoms with van der Waals surface area (Å²) in [5.74, 6) is 0.0687.